The molecule has 1 aromatic heterocycles. The van der Waals surface area contributed by atoms with Crippen molar-refractivity contribution in [3.8, 4) is 11.6 Å². The van der Waals surface area contributed by atoms with Gasteiger partial charge in [-0.2, -0.15) is 0 Å². The maximum atomic E-state index is 6.18. The minimum Gasteiger partial charge on any atom is -0.438 e. The molecule has 0 amide bonds. The van der Waals surface area contributed by atoms with Gasteiger partial charge in [-0.15, -0.1) is 0 Å². The molecule has 0 aliphatic carbocycles. The van der Waals surface area contributed by atoms with Crippen molar-refractivity contribution < 1.29 is 4.74 Å². The van der Waals surface area contributed by atoms with Crippen molar-refractivity contribution in [1.29, 1.82) is 0 Å². The summed E-state index contributed by atoms with van der Waals surface area (Å²) in [5, 5.41) is 3.58. The lowest BCUT2D eigenvalue weighted by Gasteiger charge is -2.09. The van der Waals surface area contributed by atoms with Crippen molar-refractivity contribution in [3.63, 3.8) is 0 Å². The fraction of sp³-hybridized carbons (Fsp3) is 0.267. The average molecular weight is 277 g/mol. The van der Waals surface area contributed by atoms with Gasteiger partial charge < -0.3 is 10.1 Å². The number of aromatic nitrogens is 1. The Morgan fingerprint density at radius 2 is 1.84 bits per heavy atom. The first kappa shape index (κ1) is 13.8. The van der Waals surface area contributed by atoms with Crippen LogP contribution in [-0.4, -0.2) is 12.0 Å². The molecule has 0 aliphatic heterocycles. The summed E-state index contributed by atoms with van der Waals surface area (Å²) in [4.78, 5) is 4.26. The average Bonchev–Trinajstić information content (AvgIpc) is 2.32. The second-order valence-electron chi connectivity index (χ2n) is 4.59. The van der Waals surface area contributed by atoms with E-state index in [9.17, 15) is 0 Å². The van der Waals surface area contributed by atoms with Crippen LogP contribution in [0.1, 0.15) is 16.7 Å². The van der Waals surface area contributed by atoms with Crippen LogP contribution in [0.3, 0.4) is 0 Å². The molecule has 0 unspecified atom stereocenters. The highest BCUT2D eigenvalue weighted by atomic mass is 35.5. The number of ether oxygens (including phenoxy) is 1. The van der Waals surface area contributed by atoms with Gasteiger partial charge in [0.05, 0.1) is 0 Å². The summed E-state index contributed by atoms with van der Waals surface area (Å²) < 4.78 is 5.74. The van der Waals surface area contributed by atoms with Crippen molar-refractivity contribution in [2.75, 3.05) is 7.05 Å². The summed E-state index contributed by atoms with van der Waals surface area (Å²) in [7, 11) is 1.88. The maximum absolute atomic E-state index is 6.18. The van der Waals surface area contributed by atoms with Crippen molar-refractivity contribution in [2.24, 2.45) is 0 Å². The highest BCUT2D eigenvalue weighted by Gasteiger charge is 2.07. The number of halogens is 1. The SMILES string of the molecule is CNCc1cnc(Oc2cc(C)cc(C)c2)c(Cl)c1. The Morgan fingerprint density at radius 3 is 2.42 bits per heavy atom. The number of hydrogen-bond acceptors (Lipinski definition) is 3. The van der Waals surface area contributed by atoms with Gasteiger partial charge in [-0.05, 0) is 55.8 Å². The smallest absolute Gasteiger partial charge is 0.238 e. The molecule has 0 fully saturated rings. The summed E-state index contributed by atoms with van der Waals surface area (Å²) in [5.41, 5.74) is 3.33. The number of nitrogens with one attached hydrogen (secondary N) is 1. The van der Waals surface area contributed by atoms with Crippen LogP contribution in [0.15, 0.2) is 30.5 Å². The molecule has 0 radical (unpaired) electrons. The van der Waals surface area contributed by atoms with Crippen molar-refractivity contribution in [2.45, 2.75) is 20.4 Å². The van der Waals surface area contributed by atoms with Crippen molar-refractivity contribution in [3.05, 3.63) is 52.2 Å². The molecule has 1 heterocycles. The van der Waals surface area contributed by atoms with E-state index in [4.69, 9.17) is 16.3 Å². The minimum absolute atomic E-state index is 0.437. The standard InChI is InChI=1S/C15H17ClN2O/c1-10-4-11(2)6-13(5-10)19-15-14(16)7-12(8-17-3)9-18-15/h4-7,9,17H,8H2,1-3H3. The third-order valence-corrected chi connectivity index (χ3v) is 2.93. The van der Waals surface area contributed by atoms with Gasteiger partial charge in [0.25, 0.3) is 0 Å². The topological polar surface area (TPSA) is 34.2 Å². The third-order valence-electron chi connectivity index (χ3n) is 2.65. The van der Waals surface area contributed by atoms with Crippen LogP contribution in [-0.2, 0) is 6.54 Å². The third kappa shape index (κ3) is 3.69. The molecule has 19 heavy (non-hydrogen) atoms. The van der Waals surface area contributed by atoms with Gasteiger partial charge in [0, 0.05) is 12.7 Å². The zero-order valence-electron chi connectivity index (χ0n) is 11.3. The number of pyridine rings is 1. The van der Waals surface area contributed by atoms with E-state index >= 15 is 0 Å². The van der Waals surface area contributed by atoms with E-state index in [1.807, 2.05) is 39.1 Å². The van der Waals surface area contributed by atoms with Crippen LogP contribution in [0, 0.1) is 13.8 Å². The molecule has 0 bridgehead atoms. The lowest BCUT2D eigenvalue weighted by Crippen LogP contribution is -2.05. The molecule has 0 atom stereocenters. The number of rotatable bonds is 4. The normalized spacial score (nSPS) is 10.5. The number of nitrogens with zero attached hydrogens (tertiary/aromatic N) is 1. The zero-order chi connectivity index (χ0) is 13.8. The lowest BCUT2D eigenvalue weighted by molar-refractivity contribution is 0.462. The van der Waals surface area contributed by atoms with Gasteiger partial charge in [-0.25, -0.2) is 4.98 Å². The highest BCUT2D eigenvalue weighted by molar-refractivity contribution is 6.31. The Bertz CT molecular complexity index is 564. The first-order valence-corrected chi connectivity index (χ1v) is 6.51. The Balaban J connectivity index is 2.23. The maximum Gasteiger partial charge on any atom is 0.238 e. The molecule has 0 spiro atoms. The van der Waals surface area contributed by atoms with E-state index in [-0.39, 0.29) is 0 Å². The Hall–Kier alpha value is -1.58. The molecule has 0 saturated heterocycles. The number of hydrogen-bond donors (Lipinski definition) is 1. The monoisotopic (exact) mass is 276 g/mol. The zero-order valence-corrected chi connectivity index (χ0v) is 12.1. The Morgan fingerprint density at radius 1 is 1.16 bits per heavy atom. The number of benzene rings is 1. The quantitative estimate of drug-likeness (QED) is 0.921. The summed E-state index contributed by atoms with van der Waals surface area (Å²) in [5.74, 6) is 1.19. The molecule has 3 nitrogen and oxygen atoms in total. The van der Waals surface area contributed by atoms with Crippen molar-refractivity contribution in [1.82, 2.24) is 10.3 Å². The van der Waals surface area contributed by atoms with E-state index in [2.05, 4.69) is 16.4 Å². The molecule has 0 aliphatic rings. The molecule has 4 heteroatoms. The van der Waals surface area contributed by atoms with Gasteiger partial charge in [0.15, 0.2) is 0 Å². The largest absolute Gasteiger partial charge is 0.438 e. The predicted molar refractivity (Wildman–Crippen MR) is 78.0 cm³/mol. The summed E-state index contributed by atoms with van der Waals surface area (Å²) in [6, 6.07) is 7.89. The molecule has 2 rings (SSSR count). The van der Waals surface area contributed by atoms with Gasteiger partial charge in [0.2, 0.25) is 5.88 Å². The van der Waals surface area contributed by atoms with Gasteiger partial charge in [-0.1, -0.05) is 17.7 Å². The summed E-state index contributed by atoms with van der Waals surface area (Å²) in [6.45, 7) is 4.80. The van der Waals surface area contributed by atoms with Gasteiger partial charge in [0.1, 0.15) is 10.8 Å². The second kappa shape index (κ2) is 6.04. The van der Waals surface area contributed by atoms with Gasteiger partial charge >= 0.3 is 0 Å². The van der Waals surface area contributed by atoms with Crippen molar-refractivity contribution >= 4 is 11.6 Å². The summed E-state index contributed by atoms with van der Waals surface area (Å²) >= 11 is 6.18. The minimum atomic E-state index is 0.437. The second-order valence-corrected chi connectivity index (χ2v) is 4.99. The van der Waals surface area contributed by atoms with Crippen LogP contribution in [0.4, 0.5) is 0 Å². The molecular formula is C15H17ClN2O. The van der Waals surface area contributed by atoms with E-state index in [1.54, 1.807) is 6.20 Å². The number of aryl methyl sites for hydroxylation is 2. The fourth-order valence-electron chi connectivity index (χ4n) is 1.94. The first-order valence-electron chi connectivity index (χ1n) is 6.13. The lowest BCUT2D eigenvalue weighted by atomic mass is 10.1. The molecule has 0 saturated carbocycles. The Kier molecular flexibility index (Phi) is 4.40. The van der Waals surface area contributed by atoms with E-state index in [0.29, 0.717) is 10.9 Å². The highest BCUT2D eigenvalue weighted by Crippen LogP contribution is 2.28. The van der Waals surface area contributed by atoms with E-state index in [1.165, 1.54) is 0 Å². The van der Waals surface area contributed by atoms with E-state index in [0.717, 1.165) is 29.0 Å². The molecule has 1 N–H and O–H groups in total. The summed E-state index contributed by atoms with van der Waals surface area (Å²) in [6.07, 6.45) is 1.76. The fourth-order valence-corrected chi connectivity index (χ4v) is 2.17. The molecule has 100 valence electrons. The van der Waals surface area contributed by atoms with Crippen LogP contribution in [0.5, 0.6) is 11.6 Å². The van der Waals surface area contributed by atoms with E-state index < -0.39 is 0 Å². The van der Waals surface area contributed by atoms with Crippen LogP contribution in [0.25, 0.3) is 0 Å². The van der Waals surface area contributed by atoms with Crippen LogP contribution < -0.4 is 10.1 Å². The van der Waals surface area contributed by atoms with Gasteiger partial charge in [-0.3, -0.25) is 0 Å². The van der Waals surface area contributed by atoms with Crippen LogP contribution in [0.2, 0.25) is 5.02 Å². The molecule has 1 aromatic carbocycles. The first-order chi connectivity index (χ1) is 9.08. The molecular weight excluding hydrogens is 260 g/mol. The molecule has 2 aromatic rings. The Labute approximate surface area is 118 Å². The predicted octanol–water partition coefficient (Wildman–Crippen LogP) is 3.86. The van der Waals surface area contributed by atoms with Crippen LogP contribution >= 0.6 is 11.6 Å².